The first-order chi connectivity index (χ1) is 11.3. The third-order valence-electron chi connectivity index (χ3n) is 3.55. The van der Waals surface area contributed by atoms with Gasteiger partial charge >= 0.3 is 0 Å². The molecule has 24 heavy (non-hydrogen) atoms. The summed E-state index contributed by atoms with van der Waals surface area (Å²) in [5, 5.41) is 2.76. The summed E-state index contributed by atoms with van der Waals surface area (Å²) in [6, 6.07) is 14.2. The number of benzene rings is 2. The largest absolute Gasteiger partial charge is 0.483 e. The van der Waals surface area contributed by atoms with Gasteiger partial charge in [-0.3, -0.25) is 9.59 Å². The lowest BCUT2D eigenvalue weighted by Crippen LogP contribution is -2.21. The molecule has 0 spiro atoms. The van der Waals surface area contributed by atoms with Crippen molar-refractivity contribution in [2.45, 2.75) is 26.2 Å². The van der Waals surface area contributed by atoms with E-state index >= 15 is 0 Å². The predicted molar refractivity (Wildman–Crippen MR) is 94.2 cm³/mol. The summed E-state index contributed by atoms with van der Waals surface area (Å²) in [5.74, 6) is -0.607. The minimum Gasteiger partial charge on any atom is -0.483 e. The molecule has 126 valence electrons. The van der Waals surface area contributed by atoms with Crippen molar-refractivity contribution in [3.8, 4) is 5.75 Å². The number of hydrogen-bond acceptors (Lipinski definition) is 3. The van der Waals surface area contributed by atoms with Crippen LogP contribution in [0.4, 0.5) is 5.69 Å². The van der Waals surface area contributed by atoms with Crippen LogP contribution in [0.25, 0.3) is 0 Å². The lowest BCUT2D eigenvalue weighted by atomic mass is 9.87. The molecule has 2 aromatic carbocycles. The molecule has 2 aromatic rings. The van der Waals surface area contributed by atoms with Gasteiger partial charge in [0.2, 0.25) is 0 Å². The van der Waals surface area contributed by atoms with Gasteiger partial charge in [-0.2, -0.15) is 0 Å². The molecule has 0 saturated heterocycles. The third kappa shape index (κ3) is 4.59. The van der Waals surface area contributed by atoms with Crippen molar-refractivity contribution in [1.82, 2.24) is 0 Å². The van der Waals surface area contributed by atoms with Gasteiger partial charge in [-0.1, -0.05) is 45.0 Å². The normalized spacial score (nSPS) is 11.0. The highest BCUT2D eigenvalue weighted by Crippen LogP contribution is 2.23. The Balaban J connectivity index is 1.96. The maximum Gasteiger partial charge on any atom is 0.262 e. The molecule has 0 radical (unpaired) electrons. The van der Waals surface area contributed by atoms with E-state index in [1.54, 1.807) is 24.3 Å². The van der Waals surface area contributed by atoms with E-state index in [-0.39, 0.29) is 23.5 Å². The van der Waals surface area contributed by atoms with Crippen LogP contribution in [0.15, 0.2) is 48.5 Å². The molecule has 3 N–H and O–H groups in total. The number of anilines is 1. The number of carbonyl (C=O) groups is 2. The van der Waals surface area contributed by atoms with E-state index in [0.29, 0.717) is 11.4 Å². The van der Waals surface area contributed by atoms with Gasteiger partial charge in [-0.25, -0.2) is 0 Å². The SMILES string of the molecule is CC(C)(C)c1ccc(NC(=O)COc2ccccc2C(N)=O)cc1. The number of primary amides is 1. The summed E-state index contributed by atoms with van der Waals surface area (Å²) in [4.78, 5) is 23.3. The number of carbonyl (C=O) groups excluding carboxylic acids is 2. The van der Waals surface area contributed by atoms with Gasteiger partial charge in [0.15, 0.2) is 6.61 Å². The maximum absolute atomic E-state index is 12.0. The van der Waals surface area contributed by atoms with Gasteiger partial charge in [0.05, 0.1) is 5.56 Å². The summed E-state index contributed by atoms with van der Waals surface area (Å²) >= 11 is 0. The van der Waals surface area contributed by atoms with E-state index in [1.807, 2.05) is 24.3 Å². The summed E-state index contributed by atoms with van der Waals surface area (Å²) < 4.78 is 5.40. The molecule has 0 heterocycles. The Kier molecular flexibility index (Phi) is 5.24. The lowest BCUT2D eigenvalue weighted by Gasteiger charge is -2.19. The van der Waals surface area contributed by atoms with Gasteiger partial charge in [0, 0.05) is 5.69 Å². The number of ether oxygens (including phenoxy) is 1. The summed E-state index contributed by atoms with van der Waals surface area (Å²) in [5.41, 5.74) is 7.47. The van der Waals surface area contributed by atoms with Crippen molar-refractivity contribution in [2.24, 2.45) is 5.73 Å². The van der Waals surface area contributed by atoms with Crippen LogP contribution in [0.2, 0.25) is 0 Å². The minimum absolute atomic E-state index is 0.0596. The minimum atomic E-state index is -0.594. The number of hydrogen-bond donors (Lipinski definition) is 2. The zero-order valence-corrected chi connectivity index (χ0v) is 14.1. The van der Waals surface area contributed by atoms with Crippen molar-refractivity contribution in [2.75, 3.05) is 11.9 Å². The average molecular weight is 326 g/mol. The van der Waals surface area contributed by atoms with Gasteiger partial charge < -0.3 is 15.8 Å². The molecule has 0 aliphatic carbocycles. The Bertz CT molecular complexity index is 731. The summed E-state index contributed by atoms with van der Waals surface area (Å²) in [6.45, 7) is 6.19. The van der Waals surface area contributed by atoms with Crippen LogP contribution in [0, 0.1) is 0 Å². The van der Waals surface area contributed by atoms with Crippen LogP contribution in [0.1, 0.15) is 36.7 Å². The first kappa shape index (κ1) is 17.5. The highest BCUT2D eigenvalue weighted by atomic mass is 16.5. The first-order valence-corrected chi connectivity index (χ1v) is 7.69. The monoisotopic (exact) mass is 326 g/mol. The Morgan fingerprint density at radius 1 is 1.04 bits per heavy atom. The highest BCUT2D eigenvalue weighted by Gasteiger charge is 2.14. The standard InChI is InChI=1S/C19H22N2O3/c1-19(2,3)13-8-10-14(11-9-13)21-17(22)12-24-16-7-5-4-6-15(16)18(20)23/h4-11H,12H2,1-3H3,(H2,20,23)(H,21,22). The lowest BCUT2D eigenvalue weighted by molar-refractivity contribution is -0.118. The van der Waals surface area contributed by atoms with E-state index in [0.717, 1.165) is 0 Å². The zero-order chi connectivity index (χ0) is 17.7. The number of para-hydroxylation sites is 1. The van der Waals surface area contributed by atoms with E-state index in [4.69, 9.17) is 10.5 Å². The zero-order valence-electron chi connectivity index (χ0n) is 14.1. The average Bonchev–Trinajstić information content (AvgIpc) is 2.53. The molecule has 0 atom stereocenters. The second kappa shape index (κ2) is 7.17. The molecule has 0 unspecified atom stereocenters. The quantitative estimate of drug-likeness (QED) is 0.886. The molecular formula is C19H22N2O3. The van der Waals surface area contributed by atoms with Crippen molar-refractivity contribution < 1.29 is 14.3 Å². The van der Waals surface area contributed by atoms with Crippen molar-refractivity contribution in [3.05, 3.63) is 59.7 Å². The fraction of sp³-hybridized carbons (Fsp3) is 0.263. The second-order valence-electron chi connectivity index (χ2n) is 6.52. The molecule has 0 aromatic heterocycles. The van der Waals surface area contributed by atoms with Crippen LogP contribution in [0.5, 0.6) is 5.75 Å². The van der Waals surface area contributed by atoms with Crippen LogP contribution < -0.4 is 15.8 Å². The summed E-state index contributed by atoms with van der Waals surface area (Å²) in [6.07, 6.45) is 0. The van der Waals surface area contributed by atoms with Crippen LogP contribution in [-0.2, 0) is 10.2 Å². The number of rotatable bonds is 5. The maximum atomic E-state index is 12.0. The molecule has 5 nitrogen and oxygen atoms in total. The highest BCUT2D eigenvalue weighted by molar-refractivity contribution is 5.96. The van der Waals surface area contributed by atoms with Gasteiger partial charge in [-0.15, -0.1) is 0 Å². The molecule has 0 saturated carbocycles. The molecular weight excluding hydrogens is 304 g/mol. The number of amides is 2. The molecule has 0 aliphatic heterocycles. The van der Waals surface area contributed by atoms with Crippen molar-refractivity contribution in [3.63, 3.8) is 0 Å². The Morgan fingerprint density at radius 3 is 2.25 bits per heavy atom. The van der Waals surface area contributed by atoms with E-state index < -0.39 is 5.91 Å². The second-order valence-corrected chi connectivity index (χ2v) is 6.52. The Labute approximate surface area is 141 Å². The van der Waals surface area contributed by atoms with Crippen LogP contribution in [-0.4, -0.2) is 18.4 Å². The van der Waals surface area contributed by atoms with Crippen molar-refractivity contribution in [1.29, 1.82) is 0 Å². The fourth-order valence-electron chi connectivity index (χ4n) is 2.19. The predicted octanol–water partition coefficient (Wildman–Crippen LogP) is 3.10. The first-order valence-electron chi connectivity index (χ1n) is 7.69. The fourth-order valence-corrected chi connectivity index (χ4v) is 2.19. The van der Waals surface area contributed by atoms with Gasteiger partial charge in [0.25, 0.3) is 11.8 Å². The third-order valence-corrected chi connectivity index (χ3v) is 3.55. The number of nitrogens with two attached hydrogens (primary N) is 1. The molecule has 5 heteroatoms. The van der Waals surface area contributed by atoms with E-state index in [1.165, 1.54) is 5.56 Å². The summed E-state index contributed by atoms with van der Waals surface area (Å²) in [7, 11) is 0. The van der Waals surface area contributed by atoms with E-state index in [2.05, 4.69) is 26.1 Å². The smallest absolute Gasteiger partial charge is 0.262 e. The Morgan fingerprint density at radius 2 is 1.67 bits per heavy atom. The molecule has 2 rings (SSSR count). The molecule has 0 bridgehead atoms. The molecule has 0 aliphatic rings. The topological polar surface area (TPSA) is 81.4 Å². The van der Waals surface area contributed by atoms with Gasteiger partial charge in [0.1, 0.15) is 5.75 Å². The van der Waals surface area contributed by atoms with Gasteiger partial charge in [-0.05, 0) is 35.2 Å². The molecule has 2 amide bonds. The Hall–Kier alpha value is -2.82. The van der Waals surface area contributed by atoms with Crippen molar-refractivity contribution >= 4 is 17.5 Å². The number of nitrogens with one attached hydrogen (secondary N) is 1. The van der Waals surface area contributed by atoms with Crippen LogP contribution >= 0.6 is 0 Å². The molecule has 0 fully saturated rings. The van der Waals surface area contributed by atoms with Crippen LogP contribution in [0.3, 0.4) is 0 Å². The van der Waals surface area contributed by atoms with E-state index in [9.17, 15) is 9.59 Å².